The van der Waals surface area contributed by atoms with Crippen molar-refractivity contribution in [1.82, 2.24) is 15.0 Å². The molecule has 0 aliphatic carbocycles. The Morgan fingerprint density at radius 3 is 2.70 bits per heavy atom. The normalized spacial score (nSPS) is 15.8. The molecule has 0 bridgehead atoms. The largest absolute Gasteiger partial charge is 0.504 e. The van der Waals surface area contributed by atoms with Gasteiger partial charge in [0.05, 0.1) is 25.7 Å². The molecule has 2 amide bonds. The number of nitrogens with zero attached hydrogens (tertiary/aromatic N) is 3. The van der Waals surface area contributed by atoms with Gasteiger partial charge in [0.15, 0.2) is 11.5 Å². The maximum Gasteiger partial charge on any atom is 0.275 e. The van der Waals surface area contributed by atoms with Gasteiger partial charge in [-0.3, -0.25) is 9.59 Å². The number of imidazole rings is 1. The molecular formula is C24H25N5O4. The number of ether oxygens (including phenoxy) is 1. The molecule has 0 fully saturated rings. The van der Waals surface area contributed by atoms with Crippen LogP contribution in [0.15, 0.2) is 60.1 Å². The Kier molecular flexibility index (Phi) is 6.39. The third-order valence-corrected chi connectivity index (χ3v) is 5.57. The molecule has 2 heterocycles. The van der Waals surface area contributed by atoms with E-state index >= 15 is 0 Å². The van der Waals surface area contributed by atoms with E-state index in [4.69, 9.17) is 4.74 Å². The van der Waals surface area contributed by atoms with Crippen LogP contribution in [0.25, 0.3) is 0 Å². The highest BCUT2D eigenvalue weighted by atomic mass is 16.5. The van der Waals surface area contributed by atoms with Gasteiger partial charge in [0, 0.05) is 29.8 Å². The molecule has 1 aliphatic rings. The maximum absolute atomic E-state index is 12.7. The van der Waals surface area contributed by atoms with E-state index in [1.54, 1.807) is 24.3 Å². The van der Waals surface area contributed by atoms with E-state index in [2.05, 4.69) is 20.4 Å². The number of hydrogen-bond acceptors (Lipinski definition) is 6. The standard InChI is InChI=1S/C24H25N5O4/c1-3-16-11-22(31)29(28-23(16)17-6-9-21(33-2)20(30)10-17)13-15-4-7-18(8-5-15)27-24(32)19-12-25-14-26-19/h4-10,12,14,16,30H,3,11,13H2,1-2H3,(H,25,26)(H,27,32). The number of benzene rings is 2. The van der Waals surface area contributed by atoms with Crippen molar-refractivity contribution in [2.75, 3.05) is 12.4 Å². The van der Waals surface area contributed by atoms with Crippen molar-refractivity contribution in [3.05, 3.63) is 71.8 Å². The first kappa shape index (κ1) is 22.1. The van der Waals surface area contributed by atoms with Crippen LogP contribution in [0.1, 0.15) is 41.4 Å². The molecule has 3 N–H and O–H groups in total. The van der Waals surface area contributed by atoms with E-state index in [0.29, 0.717) is 30.1 Å². The lowest BCUT2D eigenvalue weighted by Gasteiger charge is -2.29. The number of anilines is 1. The smallest absolute Gasteiger partial charge is 0.275 e. The summed E-state index contributed by atoms with van der Waals surface area (Å²) >= 11 is 0. The predicted octanol–water partition coefficient (Wildman–Crippen LogP) is 3.54. The number of H-pyrrole nitrogens is 1. The van der Waals surface area contributed by atoms with Crippen LogP contribution in [0.3, 0.4) is 0 Å². The highest BCUT2D eigenvalue weighted by Crippen LogP contribution is 2.31. The highest BCUT2D eigenvalue weighted by Gasteiger charge is 2.29. The van der Waals surface area contributed by atoms with Crippen molar-refractivity contribution < 1.29 is 19.4 Å². The fourth-order valence-corrected chi connectivity index (χ4v) is 3.73. The topological polar surface area (TPSA) is 120 Å². The molecular weight excluding hydrogens is 422 g/mol. The number of phenols is 1. The van der Waals surface area contributed by atoms with Gasteiger partial charge < -0.3 is 20.1 Å². The second kappa shape index (κ2) is 9.56. The molecule has 170 valence electrons. The lowest BCUT2D eigenvalue weighted by molar-refractivity contribution is -0.133. The number of carbonyl (C=O) groups is 2. The highest BCUT2D eigenvalue weighted by molar-refractivity contribution is 6.06. The quantitative estimate of drug-likeness (QED) is 0.512. The molecule has 0 saturated carbocycles. The van der Waals surface area contributed by atoms with Crippen LogP contribution < -0.4 is 10.1 Å². The van der Waals surface area contributed by atoms with Gasteiger partial charge in [-0.05, 0) is 42.3 Å². The third kappa shape index (κ3) is 4.87. The Morgan fingerprint density at radius 1 is 1.27 bits per heavy atom. The molecule has 9 heteroatoms. The number of phenolic OH excluding ortho intramolecular Hbond substituents is 1. The van der Waals surface area contributed by atoms with E-state index in [9.17, 15) is 14.7 Å². The fraction of sp³-hybridized carbons (Fsp3) is 0.250. The second-order valence-corrected chi connectivity index (χ2v) is 7.74. The van der Waals surface area contributed by atoms with Crippen molar-refractivity contribution in [3.63, 3.8) is 0 Å². The number of hydrogen-bond donors (Lipinski definition) is 3. The van der Waals surface area contributed by atoms with Gasteiger partial charge in [-0.25, -0.2) is 9.99 Å². The molecule has 0 radical (unpaired) electrons. The van der Waals surface area contributed by atoms with Crippen molar-refractivity contribution in [2.45, 2.75) is 26.3 Å². The van der Waals surface area contributed by atoms with Gasteiger partial charge in [-0.2, -0.15) is 5.10 Å². The molecule has 3 aromatic rings. The Labute approximate surface area is 191 Å². The van der Waals surface area contributed by atoms with Crippen LogP contribution in [0.4, 0.5) is 5.69 Å². The Bertz CT molecular complexity index is 1170. The van der Waals surface area contributed by atoms with E-state index in [0.717, 1.165) is 23.3 Å². The first-order valence-corrected chi connectivity index (χ1v) is 10.6. The molecule has 2 aromatic carbocycles. The van der Waals surface area contributed by atoms with E-state index in [1.807, 2.05) is 25.1 Å². The van der Waals surface area contributed by atoms with Gasteiger partial charge in [0.2, 0.25) is 5.91 Å². The van der Waals surface area contributed by atoms with Crippen LogP contribution >= 0.6 is 0 Å². The molecule has 4 rings (SSSR count). The number of nitrogens with one attached hydrogen (secondary N) is 2. The summed E-state index contributed by atoms with van der Waals surface area (Å²) in [5.41, 5.74) is 3.32. The Hall–Kier alpha value is -4.14. The van der Waals surface area contributed by atoms with Crippen LogP contribution in [-0.4, -0.2) is 44.7 Å². The zero-order chi connectivity index (χ0) is 23.4. The number of carbonyl (C=O) groups excluding carboxylic acids is 2. The number of methoxy groups -OCH3 is 1. The maximum atomic E-state index is 12.7. The van der Waals surface area contributed by atoms with E-state index < -0.39 is 0 Å². The molecule has 1 atom stereocenters. The summed E-state index contributed by atoms with van der Waals surface area (Å²) in [6, 6.07) is 12.4. The van der Waals surface area contributed by atoms with Crippen LogP contribution in [0, 0.1) is 5.92 Å². The minimum absolute atomic E-state index is 0.0267. The molecule has 1 aliphatic heterocycles. The van der Waals surface area contributed by atoms with Crippen LogP contribution in [-0.2, 0) is 11.3 Å². The third-order valence-electron chi connectivity index (χ3n) is 5.57. The number of rotatable bonds is 7. The molecule has 9 nitrogen and oxygen atoms in total. The van der Waals surface area contributed by atoms with Gasteiger partial charge in [-0.15, -0.1) is 0 Å². The zero-order valence-corrected chi connectivity index (χ0v) is 18.4. The minimum Gasteiger partial charge on any atom is -0.504 e. The summed E-state index contributed by atoms with van der Waals surface area (Å²) in [6.07, 6.45) is 4.07. The first-order chi connectivity index (χ1) is 16.0. The lowest BCUT2D eigenvalue weighted by Crippen LogP contribution is -2.36. The van der Waals surface area contributed by atoms with Crippen molar-refractivity contribution in [3.8, 4) is 11.5 Å². The summed E-state index contributed by atoms with van der Waals surface area (Å²) in [7, 11) is 1.50. The summed E-state index contributed by atoms with van der Waals surface area (Å²) in [5, 5.41) is 19.1. The van der Waals surface area contributed by atoms with Crippen molar-refractivity contribution in [2.24, 2.45) is 11.0 Å². The minimum atomic E-state index is -0.308. The SMILES string of the molecule is CCC1CC(=O)N(Cc2ccc(NC(=O)c3c[nH]cn3)cc2)N=C1c1ccc(OC)c(O)c1. The van der Waals surface area contributed by atoms with Gasteiger partial charge in [0.25, 0.3) is 5.91 Å². The van der Waals surface area contributed by atoms with Gasteiger partial charge in [-0.1, -0.05) is 19.1 Å². The van der Waals surface area contributed by atoms with Crippen LogP contribution in [0.2, 0.25) is 0 Å². The lowest BCUT2D eigenvalue weighted by atomic mass is 9.89. The zero-order valence-electron chi connectivity index (χ0n) is 18.4. The van der Waals surface area contributed by atoms with Crippen molar-refractivity contribution in [1.29, 1.82) is 0 Å². The molecule has 0 spiro atoms. The number of aromatic hydroxyl groups is 1. The average molecular weight is 447 g/mol. The van der Waals surface area contributed by atoms with Crippen LogP contribution in [0.5, 0.6) is 11.5 Å². The Balaban J connectivity index is 1.51. The number of hydrazone groups is 1. The molecule has 1 aromatic heterocycles. The summed E-state index contributed by atoms with van der Waals surface area (Å²) in [6.45, 7) is 2.32. The van der Waals surface area contributed by atoms with E-state index in [1.165, 1.54) is 24.6 Å². The van der Waals surface area contributed by atoms with Gasteiger partial charge in [0.1, 0.15) is 5.69 Å². The summed E-state index contributed by atoms with van der Waals surface area (Å²) < 4.78 is 5.13. The predicted molar refractivity (Wildman–Crippen MR) is 123 cm³/mol. The summed E-state index contributed by atoms with van der Waals surface area (Å²) in [4.78, 5) is 31.5. The molecule has 0 saturated heterocycles. The number of amides is 2. The first-order valence-electron chi connectivity index (χ1n) is 10.6. The molecule has 1 unspecified atom stereocenters. The Morgan fingerprint density at radius 2 is 2.06 bits per heavy atom. The average Bonchev–Trinajstić information content (AvgIpc) is 3.36. The number of aromatic nitrogens is 2. The fourth-order valence-electron chi connectivity index (χ4n) is 3.73. The monoisotopic (exact) mass is 447 g/mol. The second-order valence-electron chi connectivity index (χ2n) is 7.74. The van der Waals surface area contributed by atoms with E-state index in [-0.39, 0.29) is 23.5 Å². The summed E-state index contributed by atoms with van der Waals surface area (Å²) in [5.74, 6) is 0.0253. The number of aromatic amines is 1. The van der Waals surface area contributed by atoms with Gasteiger partial charge >= 0.3 is 0 Å². The van der Waals surface area contributed by atoms with Crippen molar-refractivity contribution >= 4 is 23.2 Å². The molecule has 33 heavy (non-hydrogen) atoms.